The highest BCUT2D eigenvalue weighted by Gasteiger charge is 2.10. The Hall–Kier alpha value is -1.54. The normalized spacial score (nSPS) is 10.4. The van der Waals surface area contributed by atoms with Crippen LogP contribution in [0.2, 0.25) is 5.02 Å². The summed E-state index contributed by atoms with van der Waals surface area (Å²) in [5.41, 5.74) is 8.39. The van der Waals surface area contributed by atoms with Crippen LogP contribution in [0.4, 0.5) is 10.1 Å². The predicted molar refractivity (Wildman–Crippen MR) is 66.0 cm³/mol. The second-order valence-corrected chi connectivity index (χ2v) is 4.08. The maximum Gasteiger partial charge on any atom is 0.132 e. The molecule has 2 rings (SSSR count). The first kappa shape index (κ1) is 11.0. The SMILES string of the molecule is Cc1ccccc1-c1cc(N)c(Cl)cc1F. The molecule has 0 saturated heterocycles. The first-order valence-corrected chi connectivity index (χ1v) is 5.28. The first-order chi connectivity index (χ1) is 7.59. The Balaban J connectivity index is 2.65. The molecule has 0 bridgehead atoms. The fourth-order valence-corrected chi connectivity index (χ4v) is 1.80. The van der Waals surface area contributed by atoms with Crippen molar-refractivity contribution in [1.29, 1.82) is 0 Å². The Morgan fingerprint density at radius 2 is 1.81 bits per heavy atom. The summed E-state index contributed by atoms with van der Waals surface area (Å²) in [4.78, 5) is 0. The highest BCUT2D eigenvalue weighted by molar-refractivity contribution is 6.33. The summed E-state index contributed by atoms with van der Waals surface area (Å²) in [6.45, 7) is 1.93. The van der Waals surface area contributed by atoms with Crippen molar-refractivity contribution in [3.05, 3.63) is 52.8 Å². The second kappa shape index (κ2) is 4.14. The quantitative estimate of drug-likeness (QED) is 0.742. The van der Waals surface area contributed by atoms with E-state index in [-0.39, 0.29) is 10.8 Å². The van der Waals surface area contributed by atoms with Gasteiger partial charge in [0.15, 0.2) is 0 Å². The van der Waals surface area contributed by atoms with Gasteiger partial charge in [0.1, 0.15) is 5.82 Å². The summed E-state index contributed by atoms with van der Waals surface area (Å²) in [5, 5.41) is 0.245. The van der Waals surface area contributed by atoms with E-state index in [0.29, 0.717) is 11.3 Å². The molecular formula is C13H11ClFN. The number of hydrogen-bond acceptors (Lipinski definition) is 1. The van der Waals surface area contributed by atoms with Gasteiger partial charge in [-0.15, -0.1) is 0 Å². The first-order valence-electron chi connectivity index (χ1n) is 4.90. The maximum absolute atomic E-state index is 13.8. The zero-order valence-electron chi connectivity index (χ0n) is 8.80. The lowest BCUT2D eigenvalue weighted by Gasteiger charge is -2.09. The van der Waals surface area contributed by atoms with Crippen LogP contribution in [0, 0.1) is 12.7 Å². The molecule has 0 aliphatic heterocycles. The molecule has 82 valence electrons. The lowest BCUT2D eigenvalue weighted by atomic mass is 10.00. The highest BCUT2D eigenvalue weighted by atomic mass is 35.5. The van der Waals surface area contributed by atoms with E-state index in [9.17, 15) is 4.39 Å². The topological polar surface area (TPSA) is 26.0 Å². The monoisotopic (exact) mass is 235 g/mol. The van der Waals surface area contributed by atoms with E-state index in [2.05, 4.69) is 0 Å². The van der Waals surface area contributed by atoms with Crippen molar-refractivity contribution in [3.8, 4) is 11.1 Å². The van der Waals surface area contributed by atoms with Crippen molar-refractivity contribution < 1.29 is 4.39 Å². The van der Waals surface area contributed by atoms with Crippen molar-refractivity contribution in [2.24, 2.45) is 0 Å². The molecule has 0 fully saturated rings. The summed E-state index contributed by atoms with van der Waals surface area (Å²) in [7, 11) is 0. The van der Waals surface area contributed by atoms with Crippen molar-refractivity contribution in [2.75, 3.05) is 5.73 Å². The molecule has 1 nitrogen and oxygen atoms in total. The van der Waals surface area contributed by atoms with Gasteiger partial charge < -0.3 is 5.73 Å². The molecule has 0 aromatic heterocycles. The molecule has 0 saturated carbocycles. The minimum absolute atomic E-state index is 0.245. The number of anilines is 1. The van der Waals surface area contributed by atoms with Crippen LogP contribution in [0.3, 0.4) is 0 Å². The second-order valence-electron chi connectivity index (χ2n) is 3.67. The Kier molecular flexibility index (Phi) is 2.84. The van der Waals surface area contributed by atoms with Gasteiger partial charge in [-0.3, -0.25) is 0 Å². The number of halogens is 2. The number of benzene rings is 2. The molecule has 0 unspecified atom stereocenters. The summed E-state index contributed by atoms with van der Waals surface area (Å²) in [6, 6.07) is 10.4. The Morgan fingerprint density at radius 3 is 2.50 bits per heavy atom. The molecule has 0 amide bonds. The molecule has 3 heteroatoms. The molecule has 0 radical (unpaired) electrons. The maximum atomic E-state index is 13.8. The number of aryl methyl sites for hydroxylation is 1. The molecule has 2 aromatic carbocycles. The molecular weight excluding hydrogens is 225 g/mol. The average molecular weight is 236 g/mol. The summed E-state index contributed by atoms with van der Waals surface area (Å²) < 4.78 is 13.8. The number of hydrogen-bond donors (Lipinski definition) is 1. The van der Waals surface area contributed by atoms with Crippen molar-refractivity contribution in [3.63, 3.8) is 0 Å². The average Bonchev–Trinajstić information content (AvgIpc) is 2.25. The van der Waals surface area contributed by atoms with Crippen LogP contribution in [0.1, 0.15) is 5.56 Å². The third-order valence-electron chi connectivity index (χ3n) is 2.52. The fraction of sp³-hybridized carbons (Fsp3) is 0.0769. The van der Waals surface area contributed by atoms with Crippen LogP contribution < -0.4 is 5.73 Å². The third-order valence-corrected chi connectivity index (χ3v) is 2.85. The fourth-order valence-electron chi connectivity index (χ4n) is 1.65. The Labute approximate surface area is 98.7 Å². The Morgan fingerprint density at radius 1 is 1.12 bits per heavy atom. The molecule has 0 aliphatic rings. The molecule has 2 aromatic rings. The molecule has 2 N–H and O–H groups in total. The summed E-state index contributed by atoms with van der Waals surface area (Å²) in [5.74, 6) is -0.353. The van der Waals surface area contributed by atoms with E-state index in [1.807, 2.05) is 31.2 Å². The van der Waals surface area contributed by atoms with E-state index in [1.165, 1.54) is 6.07 Å². The predicted octanol–water partition coefficient (Wildman–Crippen LogP) is 4.04. The number of nitrogen functional groups attached to an aromatic ring is 1. The van der Waals surface area contributed by atoms with Gasteiger partial charge in [-0.25, -0.2) is 4.39 Å². The standard InChI is InChI=1S/C13H11ClFN/c1-8-4-2-3-5-9(8)10-6-13(16)11(14)7-12(10)15/h2-7H,16H2,1H3. The van der Waals surface area contributed by atoms with Gasteiger partial charge >= 0.3 is 0 Å². The zero-order valence-corrected chi connectivity index (χ0v) is 9.55. The molecule has 0 atom stereocenters. The molecule has 0 heterocycles. The highest BCUT2D eigenvalue weighted by Crippen LogP contribution is 2.31. The van der Waals surface area contributed by atoms with Crippen LogP contribution in [-0.4, -0.2) is 0 Å². The van der Waals surface area contributed by atoms with Crippen LogP contribution in [0.5, 0.6) is 0 Å². The van der Waals surface area contributed by atoms with Gasteiger partial charge in [0, 0.05) is 5.56 Å². The zero-order chi connectivity index (χ0) is 11.7. The van der Waals surface area contributed by atoms with Crippen molar-refractivity contribution in [1.82, 2.24) is 0 Å². The van der Waals surface area contributed by atoms with E-state index in [0.717, 1.165) is 11.1 Å². The molecule has 0 spiro atoms. The minimum Gasteiger partial charge on any atom is -0.398 e. The van der Waals surface area contributed by atoms with Crippen molar-refractivity contribution in [2.45, 2.75) is 6.92 Å². The van der Waals surface area contributed by atoms with E-state index in [1.54, 1.807) is 6.07 Å². The largest absolute Gasteiger partial charge is 0.398 e. The molecule has 0 aliphatic carbocycles. The van der Waals surface area contributed by atoms with Crippen LogP contribution in [0.15, 0.2) is 36.4 Å². The van der Waals surface area contributed by atoms with Crippen LogP contribution in [-0.2, 0) is 0 Å². The third kappa shape index (κ3) is 1.89. The number of nitrogens with two attached hydrogens (primary N) is 1. The van der Waals surface area contributed by atoms with E-state index >= 15 is 0 Å². The van der Waals surface area contributed by atoms with Gasteiger partial charge in [-0.1, -0.05) is 35.9 Å². The van der Waals surface area contributed by atoms with Crippen LogP contribution in [0.25, 0.3) is 11.1 Å². The van der Waals surface area contributed by atoms with E-state index < -0.39 is 0 Å². The number of rotatable bonds is 1. The van der Waals surface area contributed by atoms with Crippen molar-refractivity contribution >= 4 is 17.3 Å². The lowest BCUT2D eigenvalue weighted by molar-refractivity contribution is 0.631. The van der Waals surface area contributed by atoms with Gasteiger partial charge in [0.05, 0.1) is 10.7 Å². The molecule has 16 heavy (non-hydrogen) atoms. The van der Waals surface area contributed by atoms with E-state index in [4.69, 9.17) is 17.3 Å². The minimum atomic E-state index is -0.353. The van der Waals surface area contributed by atoms with Gasteiger partial charge in [0.2, 0.25) is 0 Å². The lowest BCUT2D eigenvalue weighted by Crippen LogP contribution is -1.92. The Bertz CT molecular complexity index is 537. The smallest absolute Gasteiger partial charge is 0.132 e. The van der Waals surface area contributed by atoms with Crippen LogP contribution >= 0.6 is 11.6 Å². The van der Waals surface area contributed by atoms with Gasteiger partial charge in [-0.2, -0.15) is 0 Å². The van der Waals surface area contributed by atoms with Gasteiger partial charge in [0.25, 0.3) is 0 Å². The summed E-state index contributed by atoms with van der Waals surface area (Å²) in [6.07, 6.45) is 0. The summed E-state index contributed by atoms with van der Waals surface area (Å²) >= 11 is 5.75. The van der Waals surface area contributed by atoms with Gasteiger partial charge in [-0.05, 0) is 30.2 Å².